The number of amides is 1. The van der Waals surface area contributed by atoms with E-state index in [2.05, 4.69) is 34.9 Å². The molecule has 0 radical (unpaired) electrons. The Labute approximate surface area is 165 Å². The van der Waals surface area contributed by atoms with Crippen LogP contribution in [0.2, 0.25) is 0 Å². The zero-order valence-corrected chi connectivity index (χ0v) is 15.9. The van der Waals surface area contributed by atoms with Gasteiger partial charge in [-0.3, -0.25) is 15.0 Å². The molecule has 2 unspecified atom stereocenters. The summed E-state index contributed by atoms with van der Waals surface area (Å²) >= 11 is 0. The van der Waals surface area contributed by atoms with Crippen molar-refractivity contribution in [3.8, 4) is 5.75 Å². The van der Waals surface area contributed by atoms with Gasteiger partial charge in [0, 0.05) is 13.1 Å². The number of anilines is 1. The Balaban J connectivity index is 1.34. The summed E-state index contributed by atoms with van der Waals surface area (Å²) in [6.07, 6.45) is 2.32. The third-order valence-electron chi connectivity index (χ3n) is 5.48. The minimum atomic E-state index is -0.876. The van der Waals surface area contributed by atoms with Crippen LogP contribution in [0.4, 0.5) is 5.69 Å². The van der Waals surface area contributed by atoms with Crippen molar-refractivity contribution in [2.24, 2.45) is 5.92 Å². The first-order valence-corrected chi connectivity index (χ1v) is 9.94. The number of rotatable bonds is 5. The Bertz CT molecular complexity index is 799. The molecule has 6 heteroatoms. The number of hydrogen-bond acceptors (Lipinski definition) is 5. The minimum Gasteiger partial charge on any atom is -0.489 e. The molecule has 2 aliphatic rings. The van der Waals surface area contributed by atoms with E-state index in [-0.39, 0.29) is 12.5 Å². The number of para-hydroxylation sites is 2. The zero-order valence-electron chi connectivity index (χ0n) is 15.9. The Morgan fingerprint density at radius 3 is 2.82 bits per heavy atom. The molecule has 0 aromatic heterocycles. The van der Waals surface area contributed by atoms with Gasteiger partial charge in [0.25, 0.3) is 0 Å². The van der Waals surface area contributed by atoms with Crippen molar-refractivity contribution in [1.82, 2.24) is 10.2 Å². The van der Waals surface area contributed by atoms with Crippen molar-refractivity contribution in [2.45, 2.75) is 31.7 Å². The third-order valence-corrected chi connectivity index (χ3v) is 5.48. The van der Waals surface area contributed by atoms with Gasteiger partial charge in [-0.1, -0.05) is 42.5 Å². The maximum Gasteiger partial charge on any atom is 0.245 e. The van der Waals surface area contributed by atoms with Crippen molar-refractivity contribution in [3.63, 3.8) is 0 Å². The van der Waals surface area contributed by atoms with Crippen LogP contribution in [0, 0.1) is 5.92 Å². The van der Waals surface area contributed by atoms with E-state index in [1.165, 1.54) is 5.56 Å². The highest BCUT2D eigenvalue weighted by Crippen LogP contribution is 2.26. The summed E-state index contributed by atoms with van der Waals surface area (Å²) in [4.78, 5) is 14.5. The van der Waals surface area contributed by atoms with Crippen molar-refractivity contribution < 1.29 is 14.6 Å². The predicted octanol–water partition coefficient (Wildman–Crippen LogP) is 2.21. The van der Waals surface area contributed by atoms with Crippen LogP contribution in [0.15, 0.2) is 54.6 Å². The molecule has 1 amide bonds. The highest BCUT2D eigenvalue weighted by atomic mass is 16.5. The van der Waals surface area contributed by atoms with Crippen LogP contribution in [0.3, 0.4) is 0 Å². The second-order valence-electron chi connectivity index (χ2n) is 7.58. The lowest BCUT2D eigenvalue weighted by atomic mass is 9.91. The molecule has 0 aliphatic carbocycles. The van der Waals surface area contributed by atoms with Gasteiger partial charge in [-0.15, -0.1) is 0 Å². The van der Waals surface area contributed by atoms with Crippen LogP contribution in [-0.2, 0) is 11.2 Å². The molecule has 2 aliphatic heterocycles. The molecule has 1 saturated heterocycles. The zero-order chi connectivity index (χ0) is 19.3. The van der Waals surface area contributed by atoms with Gasteiger partial charge < -0.3 is 15.2 Å². The Morgan fingerprint density at radius 1 is 1.18 bits per heavy atom. The molecular formula is C22H27N3O3. The van der Waals surface area contributed by atoms with E-state index in [9.17, 15) is 9.90 Å². The number of benzene rings is 2. The molecule has 1 fully saturated rings. The number of aliphatic hydroxyl groups excluding tert-OH is 1. The molecule has 2 aromatic rings. The quantitative estimate of drug-likeness (QED) is 0.693. The lowest BCUT2D eigenvalue weighted by Crippen LogP contribution is -2.56. The summed E-state index contributed by atoms with van der Waals surface area (Å²) in [7, 11) is 0. The van der Waals surface area contributed by atoms with E-state index < -0.39 is 12.4 Å². The normalized spacial score (nSPS) is 23.8. The summed E-state index contributed by atoms with van der Waals surface area (Å²) in [6.45, 7) is 1.80. The Kier molecular flexibility index (Phi) is 5.90. The molecule has 4 rings (SSSR count). The number of aliphatic hydroxyl groups is 1. The average Bonchev–Trinajstić information content (AvgIpc) is 2.88. The maximum atomic E-state index is 12.5. The van der Waals surface area contributed by atoms with E-state index in [1.807, 2.05) is 35.2 Å². The first-order valence-electron chi connectivity index (χ1n) is 9.94. The molecule has 2 aromatic carbocycles. The van der Waals surface area contributed by atoms with Gasteiger partial charge in [0.05, 0.1) is 5.69 Å². The van der Waals surface area contributed by atoms with E-state index in [0.29, 0.717) is 17.4 Å². The van der Waals surface area contributed by atoms with Gasteiger partial charge in [0.1, 0.15) is 18.4 Å². The standard InChI is InChI=1S/C22H27N3O3/c26-21-19(15-28-20-11-5-4-10-18(20)23-21)24-22(27)25-12-6-9-17(14-25)13-16-7-2-1-3-8-16/h1-5,7-8,10-11,17,19,22,24,27H,6,9,12-15H2,(H,23,26)/t17?,19-,22?/m0/s1. The second-order valence-corrected chi connectivity index (χ2v) is 7.58. The van der Waals surface area contributed by atoms with Gasteiger partial charge >= 0.3 is 0 Å². The van der Waals surface area contributed by atoms with E-state index >= 15 is 0 Å². The van der Waals surface area contributed by atoms with E-state index in [1.54, 1.807) is 0 Å². The number of piperidine rings is 1. The van der Waals surface area contributed by atoms with Crippen LogP contribution in [0.1, 0.15) is 18.4 Å². The fraction of sp³-hybridized carbons (Fsp3) is 0.409. The maximum absolute atomic E-state index is 12.5. The van der Waals surface area contributed by atoms with Crippen molar-refractivity contribution in [3.05, 3.63) is 60.2 Å². The van der Waals surface area contributed by atoms with E-state index in [0.717, 1.165) is 32.4 Å². The monoisotopic (exact) mass is 381 g/mol. The fourth-order valence-electron chi connectivity index (χ4n) is 4.01. The van der Waals surface area contributed by atoms with Crippen molar-refractivity contribution in [1.29, 1.82) is 0 Å². The highest BCUT2D eigenvalue weighted by molar-refractivity contribution is 5.96. The van der Waals surface area contributed by atoms with Crippen LogP contribution in [0.5, 0.6) is 5.75 Å². The summed E-state index contributed by atoms with van der Waals surface area (Å²) in [5.74, 6) is 0.952. The van der Waals surface area contributed by atoms with Gasteiger partial charge in [0.15, 0.2) is 6.35 Å². The van der Waals surface area contributed by atoms with Gasteiger partial charge in [-0.05, 0) is 42.9 Å². The number of likely N-dealkylation sites (tertiary alicyclic amines) is 1. The van der Waals surface area contributed by atoms with Crippen LogP contribution in [0.25, 0.3) is 0 Å². The lowest BCUT2D eigenvalue weighted by molar-refractivity contribution is -0.122. The topological polar surface area (TPSA) is 73.8 Å². The largest absolute Gasteiger partial charge is 0.489 e. The second kappa shape index (κ2) is 8.73. The lowest BCUT2D eigenvalue weighted by Gasteiger charge is -2.37. The molecule has 3 N–H and O–H groups in total. The smallest absolute Gasteiger partial charge is 0.245 e. The minimum absolute atomic E-state index is 0.182. The number of fused-ring (bicyclic) bond motifs is 1. The summed E-state index contributed by atoms with van der Waals surface area (Å²) in [5.41, 5.74) is 1.98. The number of ether oxygens (including phenoxy) is 1. The molecule has 0 bridgehead atoms. The molecule has 28 heavy (non-hydrogen) atoms. The number of nitrogens with one attached hydrogen (secondary N) is 2. The summed E-state index contributed by atoms with van der Waals surface area (Å²) in [6, 6.07) is 17.2. The Morgan fingerprint density at radius 2 is 1.96 bits per heavy atom. The molecule has 2 heterocycles. The summed E-state index contributed by atoms with van der Waals surface area (Å²) in [5, 5.41) is 16.6. The van der Waals surface area contributed by atoms with Gasteiger partial charge in [-0.25, -0.2) is 0 Å². The first-order chi connectivity index (χ1) is 13.7. The van der Waals surface area contributed by atoms with Crippen LogP contribution < -0.4 is 15.4 Å². The molecule has 148 valence electrons. The number of carbonyl (C=O) groups is 1. The SMILES string of the molecule is O=C1Nc2ccccc2OC[C@@H]1NC(O)N1CCCC(Cc2ccccc2)C1. The molecule has 0 saturated carbocycles. The van der Waals surface area contributed by atoms with E-state index in [4.69, 9.17) is 4.74 Å². The first kappa shape index (κ1) is 18.9. The molecule has 3 atom stereocenters. The number of carbonyl (C=O) groups excluding carboxylic acids is 1. The highest BCUT2D eigenvalue weighted by Gasteiger charge is 2.30. The van der Waals surface area contributed by atoms with Crippen molar-refractivity contribution >= 4 is 11.6 Å². The molecular weight excluding hydrogens is 354 g/mol. The molecule has 6 nitrogen and oxygen atoms in total. The number of nitrogens with zero attached hydrogens (tertiary/aromatic N) is 1. The predicted molar refractivity (Wildman–Crippen MR) is 108 cm³/mol. The van der Waals surface area contributed by atoms with Crippen LogP contribution >= 0.6 is 0 Å². The fourth-order valence-corrected chi connectivity index (χ4v) is 4.01. The number of hydrogen-bond donors (Lipinski definition) is 3. The van der Waals surface area contributed by atoms with Gasteiger partial charge in [0.2, 0.25) is 5.91 Å². The average molecular weight is 381 g/mol. The Hall–Kier alpha value is -2.41. The molecule has 0 spiro atoms. The summed E-state index contributed by atoms with van der Waals surface area (Å²) < 4.78 is 5.74. The van der Waals surface area contributed by atoms with Crippen molar-refractivity contribution in [2.75, 3.05) is 25.0 Å². The third kappa shape index (κ3) is 4.52. The van der Waals surface area contributed by atoms with Gasteiger partial charge in [-0.2, -0.15) is 0 Å². The van der Waals surface area contributed by atoms with Crippen LogP contribution in [-0.4, -0.2) is 48.0 Å².